The molecule has 9 heteroatoms. The van der Waals surface area contributed by atoms with Gasteiger partial charge in [-0.05, 0) is 13.0 Å². The number of nitro benzene ring substituents is 1. The number of aromatic nitrogens is 2. The van der Waals surface area contributed by atoms with Crippen LogP contribution in [0.3, 0.4) is 0 Å². The SMILES string of the molecule is Cc1cccc(Oc2c(C#N)c(=O)n(C)c(=O)n2C)c1[N+](=O)[O-]. The highest BCUT2D eigenvalue weighted by molar-refractivity contribution is 5.54. The summed E-state index contributed by atoms with van der Waals surface area (Å²) in [5.41, 5.74) is -1.91. The molecule has 0 saturated heterocycles. The average molecular weight is 316 g/mol. The lowest BCUT2D eigenvalue weighted by Gasteiger charge is -2.13. The maximum atomic E-state index is 12.0. The molecule has 0 unspecified atom stereocenters. The second-order valence-corrected chi connectivity index (χ2v) is 4.78. The van der Waals surface area contributed by atoms with Crippen molar-refractivity contribution < 1.29 is 9.66 Å². The van der Waals surface area contributed by atoms with E-state index in [9.17, 15) is 19.7 Å². The van der Waals surface area contributed by atoms with Gasteiger partial charge in [0.1, 0.15) is 6.07 Å². The molecule has 1 aromatic heterocycles. The zero-order valence-corrected chi connectivity index (χ0v) is 12.6. The molecule has 0 amide bonds. The van der Waals surface area contributed by atoms with E-state index in [0.29, 0.717) is 5.56 Å². The van der Waals surface area contributed by atoms with Crippen molar-refractivity contribution in [3.63, 3.8) is 0 Å². The third-order valence-corrected chi connectivity index (χ3v) is 3.31. The predicted octanol–water partition coefficient (Wildman–Crippen LogP) is 0.965. The highest BCUT2D eigenvalue weighted by Gasteiger charge is 2.23. The van der Waals surface area contributed by atoms with Gasteiger partial charge in [0.15, 0.2) is 5.56 Å². The van der Waals surface area contributed by atoms with Gasteiger partial charge in [-0.15, -0.1) is 0 Å². The van der Waals surface area contributed by atoms with E-state index in [1.54, 1.807) is 6.07 Å². The number of hydrogen-bond donors (Lipinski definition) is 0. The Morgan fingerprint density at radius 1 is 1.26 bits per heavy atom. The Labute approximate surface area is 129 Å². The average Bonchev–Trinajstić information content (AvgIpc) is 2.50. The smallest absolute Gasteiger partial charge is 0.333 e. The molecule has 0 fully saturated rings. The molecule has 0 N–H and O–H groups in total. The van der Waals surface area contributed by atoms with Gasteiger partial charge in [-0.25, -0.2) is 4.79 Å². The summed E-state index contributed by atoms with van der Waals surface area (Å²) in [6.45, 7) is 1.53. The largest absolute Gasteiger partial charge is 0.432 e. The first kappa shape index (κ1) is 16.0. The molecule has 23 heavy (non-hydrogen) atoms. The van der Waals surface area contributed by atoms with Crippen molar-refractivity contribution >= 4 is 5.69 Å². The third-order valence-electron chi connectivity index (χ3n) is 3.31. The lowest BCUT2D eigenvalue weighted by atomic mass is 10.2. The Balaban J connectivity index is 2.75. The van der Waals surface area contributed by atoms with Crippen LogP contribution in [-0.2, 0) is 14.1 Å². The molecule has 2 rings (SSSR count). The first-order valence-corrected chi connectivity index (χ1v) is 6.41. The van der Waals surface area contributed by atoms with Crippen molar-refractivity contribution in [2.24, 2.45) is 14.1 Å². The zero-order chi connectivity index (χ0) is 17.3. The number of nitro groups is 1. The lowest BCUT2D eigenvalue weighted by Crippen LogP contribution is -2.38. The molecule has 0 radical (unpaired) electrons. The second kappa shape index (κ2) is 5.76. The van der Waals surface area contributed by atoms with E-state index in [0.717, 1.165) is 9.13 Å². The normalized spacial score (nSPS) is 10.2. The number of ether oxygens (including phenoxy) is 1. The molecule has 118 valence electrons. The van der Waals surface area contributed by atoms with Crippen molar-refractivity contribution in [1.82, 2.24) is 9.13 Å². The fourth-order valence-electron chi connectivity index (χ4n) is 2.09. The maximum absolute atomic E-state index is 12.0. The molecule has 9 nitrogen and oxygen atoms in total. The minimum Gasteiger partial charge on any atom is -0.432 e. The summed E-state index contributed by atoms with van der Waals surface area (Å²) >= 11 is 0. The van der Waals surface area contributed by atoms with Gasteiger partial charge in [-0.1, -0.05) is 12.1 Å². The van der Waals surface area contributed by atoms with Crippen LogP contribution in [0, 0.1) is 28.4 Å². The molecule has 0 aliphatic carbocycles. The number of benzene rings is 1. The Hall–Kier alpha value is -3.41. The third kappa shape index (κ3) is 2.57. The molecule has 1 heterocycles. The number of nitriles is 1. The van der Waals surface area contributed by atoms with Gasteiger partial charge in [-0.2, -0.15) is 5.26 Å². The fourth-order valence-corrected chi connectivity index (χ4v) is 2.09. The van der Waals surface area contributed by atoms with Crippen molar-refractivity contribution in [3.05, 3.63) is 60.3 Å². The first-order chi connectivity index (χ1) is 10.8. The van der Waals surface area contributed by atoms with E-state index in [2.05, 4.69) is 0 Å². The number of aryl methyl sites for hydroxylation is 1. The van der Waals surface area contributed by atoms with Crippen LogP contribution in [-0.4, -0.2) is 14.1 Å². The molecule has 1 aromatic carbocycles. The van der Waals surface area contributed by atoms with Gasteiger partial charge in [0, 0.05) is 19.7 Å². The van der Waals surface area contributed by atoms with Crippen molar-refractivity contribution in [3.8, 4) is 17.7 Å². The van der Waals surface area contributed by atoms with E-state index in [1.807, 2.05) is 0 Å². The van der Waals surface area contributed by atoms with Gasteiger partial charge < -0.3 is 4.74 Å². The van der Waals surface area contributed by atoms with Crippen LogP contribution >= 0.6 is 0 Å². The minimum atomic E-state index is -0.832. The van der Waals surface area contributed by atoms with Gasteiger partial charge in [0.05, 0.1) is 4.92 Å². The first-order valence-electron chi connectivity index (χ1n) is 6.41. The minimum absolute atomic E-state index is 0.158. The number of nitrogens with zero attached hydrogens (tertiary/aromatic N) is 4. The summed E-state index contributed by atoms with van der Waals surface area (Å²) in [5, 5.41) is 20.3. The Bertz CT molecular complexity index is 965. The van der Waals surface area contributed by atoms with E-state index in [4.69, 9.17) is 10.00 Å². The summed E-state index contributed by atoms with van der Waals surface area (Å²) in [7, 11) is 2.53. The van der Waals surface area contributed by atoms with Gasteiger partial charge in [0.25, 0.3) is 5.56 Å². The summed E-state index contributed by atoms with van der Waals surface area (Å²) in [5.74, 6) is -0.496. The molecule has 0 aliphatic heterocycles. The summed E-state index contributed by atoms with van der Waals surface area (Å²) in [6, 6.07) is 6.05. The topological polar surface area (TPSA) is 120 Å². The fraction of sp³-hybridized carbons (Fsp3) is 0.214. The summed E-state index contributed by atoms with van der Waals surface area (Å²) in [4.78, 5) is 34.5. The summed E-state index contributed by atoms with van der Waals surface area (Å²) < 4.78 is 7.12. The molecule has 0 saturated carbocycles. The standard InChI is InChI=1S/C14H12N4O5/c1-8-5-4-6-10(11(8)18(21)22)23-13-9(7-15)12(19)16(2)14(20)17(13)3/h4-6H,1-3H3. The Morgan fingerprint density at radius 3 is 2.48 bits per heavy atom. The number of rotatable bonds is 3. The lowest BCUT2D eigenvalue weighted by molar-refractivity contribution is -0.386. The second-order valence-electron chi connectivity index (χ2n) is 4.78. The van der Waals surface area contributed by atoms with Gasteiger partial charge >= 0.3 is 11.4 Å². The molecule has 0 bridgehead atoms. The van der Waals surface area contributed by atoms with Gasteiger partial charge in [0.2, 0.25) is 11.6 Å². The predicted molar refractivity (Wildman–Crippen MR) is 79.5 cm³/mol. The van der Waals surface area contributed by atoms with Crippen LogP contribution in [0.4, 0.5) is 5.69 Å². The van der Waals surface area contributed by atoms with Crippen LogP contribution in [0.2, 0.25) is 0 Å². The van der Waals surface area contributed by atoms with E-state index < -0.39 is 21.7 Å². The van der Waals surface area contributed by atoms with Gasteiger partial charge in [-0.3, -0.25) is 24.0 Å². The molecule has 0 atom stereocenters. The van der Waals surface area contributed by atoms with E-state index in [-0.39, 0.29) is 17.3 Å². The van der Waals surface area contributed by atoms with E-state index in [1.165, 1.54) is 39.2 Å². The summed E-state index contributed by atoms with van der Waals surface area (Å²) in [6.07, 6.45) is 0. The van der Waals surface area contributed by atoms with Crippen LogP contribution in [0.1, 0.15) is 11.1 Å². The maximum Gasteiger partial charge on any atom is 0.333 e. The van der Waals surface area contributed by atoms with Crippen LogP contribution < -0.4 is 16.0 Å². The molecule has 0 spiro atoms. The quantitative estimate of drug-likeness (QED) is 0.614. The monoisotopic (exact) mass is 316 g/mol. The number of para-hydroxylation sites is 1. The van der Waals surface area contributed by atoms with E-state index >= 15 is 0 Å². The van der Waals surface area contributed by atoms with Crippen LogP contribution in [0.15, 0.2) is 27.8 Å². The van der Waals surface area contributed by atoms with Crippen molar-refractivity contribution in [1.29, 1.82) is 5.26 Å². The highest BCUT2D eigenvalue weighted by atomic mass is 16.6. The van der Waals surface area contributed by atoms with Crippen LogP contribution in [0.5, 0.6) is 11.6 Å². The highest BCUT2D eigenvalue weighted by Crippen LogP contribution is 2.33. The molecule has 2 aromatic rings. The van der Waals surface area contributed by atoms with Crippen molar-refractivity contribution in [2.75, 3.05) is 0 Å². The molecular formula is C14H12N4O5. The van der Waals surface area contributed by atoms with Crippen LogP contribution in [0.25, 0.3) is 0 Å². The Morgan fingerprint density at radius 2 is 1.91 bits per heavy atom. The molecule has 0 aliphatic rings. The van der Waals surface area contributed by atoms with Crippen molar-refractivity contribution in [2.45, 2.75) is 6.92 Å². The zero-order valence-electron chi connectivity index (χ0n) is 12.6. The molecular weight excluding hydrogens is 304 g/mol. The Kier molecular flexibility index (Phi) is 4.00. The number of hydrogen-bond acceptors (Lipinski definition) is 6.